The van der Waals surface area contributed by atoms with E-state index in [1.54, 1.807) is 0 Å². The van der Waals surface area contributed by atoms with Crippen LogP contribution in [0.2, 0.25) is 0 Å². The number of nitrogens with zero attached hydrogens (tertiary/aromatic N) is 4. The highest BCUT2D eigenvalue weighted by Crippen LogP contribution is 2.37. The van der Waals surface area contributed by atoms with E-state index in [2.05, 4.69) is 268 Å². The Bertz CT molecular complexity index is 4490. The molecule has 8 heteroatoms. The molecule has 6 aromatic heterocycles. The Morgan fingerprint density at radius 3 is 1.01 bits per heavy atom. The average Bonchev–Trinajstić information content (AvgIpc) is 2.61. The first kappa shape index (κ1) is 55.3. The van der Waals surface area contributed by atoms with Gasteiger partial charge in [0.2, 0.25) is 0 Å². The lowest BCUT2D eigenvalue weighted by molar-refractivity contribution is 0.922. The van der Waals surface area contributed by atoms with Crippen molar-refractivity contribution in [2.45, 2.75) is 92.9 Å². The second kappa shape index (κ2) is 24.4. The Hall–Kier alpha value is -9.92. The van der Waals surface area contributed by atoms with E-state index in [-0.39, 0.29) is 0 Å². The fourth-order valence-corrected chi connectivity index (χ4v) is 12.5. The van der Waals surface area contributed by atoms with Crippen LogP contribution in [0.25, 0.3) is 137 Å². The van der Waals surface area contributed by atoms with E-state index < -0.39 is 0 Å². The third-order valence-corrected chi connectivity index (χ3v) is 16.7. The van der Waals surface area contributed by atoms with Crippen LogP contribution in [-0.4, -0.2) is 39.9 Å². The van der Waals surface area contributed by atoms with Crippen LogP contribution in [0.5, 0.6) is 0 Å². The first-order valence-electron chi connectivity index (χ1n) is 30.8. The van der Waals surface area contributed by atoms with Gasteiger partial charge in [-0.15, -0.1) is 0 Å². The number of H-pyrrole nitrogens is 4. The summed E-state index contributed by atoms with van der Waals surface area (Å²) in [5.74, 6) is 0. The van der Waals surface area contributed by atoms with Gasteiger partial charge in [0.05, 0.1) is 45.6 Å². The van der Waals surface area contributed by atoms with Gasteiger partial charge in [0.1, 0.15) is 0 Å². The number of nitrogens with one attached hydrogen (secondary N) is 4. The van der Waals surface area contributed by atoms with Gasteiger partial charge >= 0.3 is 0 Å². The van der Waals surface area contributed by atoms with Crippen LogP contribution in [-0.2, 0) is 25.7 Å². The molecular weight excluding hydrogens is 1050 g/mol. The van der Waals surface area contributed by atoms with Crippen LogP contribution in [0.4, 0.5) is 0 Å². The Morgan fingerprint density at radius 2 is 0.605 bits per heavy atom. The Morgan fingerprint density at radius 1 is 0.279 bits per heavy atom. The maximum absolute atomic E-state index is 5.21. The van der Waals surface area contributed by atoms with E-state index in [9.17, 15) is 0 Å². The molecule has 4 N–H and O–H groups in total. The maximum atomic E-state index is 5.21. The smallest absolute Gasteiger partial charge is 0.0737 e. The summed E-state index contributed by atoms with van der Waals surface area (Å²) in [7, 11) is 0. The van der Waals surface area contributed by atoms with E-state index in [0.29, 0.717) is 0 Å². The van der Waals surface area contributed by atoms with Crippen LogP contribution in [0.1, 0.15) is 132 Å². The number of benzene rings is 4. The first-order valence-corrected chi connectivity index (χ1v) is 30.8. The van der Waals surface area contributed by atoms with Crippen molar-refractivity contribution in [3.8, 4) is 44.5 Å². The van der Waals surface area contributed by atoms with Gasteiger partial charge in [0.25, 0.3) is 0 Å². The van der Waals surface area contributed by atoms with Gasteiger partial charge in [-0.1, -0.05) is 150 Å². The number of aromatic amines is 4. The molecule has 16 bridgehead atoms. The van der Waals surface area contributed by atoms with Crippen LogP contribution in [0, 0.1) is 13.8 Å². The summed E-state index contributed by atoms with van der Waals surface area (Å²) >= 11 is 0. The summed E-state index contributed by atoms with van der Waals surface area (Å²) in [5.41, 5.74) is 32.6. The third-order valence-electron chi connectivity index (χ3n) is 16.7. The van der Waals surface area contributed by atoms with Crippen molar-refractivity contribution in [1.82, 2.24) is 39.9 Å². The van der Waals surface area contributed by atoms with Gasteiger partial charge in [-0.05, 0) is 199 Å². The molecule has 0 unspecified atom stereocenters. The Kier molecular flexibility index (Phi) is 15.7. The zero-order valence-electron chi connectivity index (χ0n) is 50.1. The minimum Gasteiger partial charge on any atom is -0.355 e. The lowest BCUT2D eigenvalue weighted by atomic mass is 9.98. The van der Waals surface area contributed by atoms with Crippen LogP contribution in [0.15, 0.2) is 158 Å². The maximum Gasteiger partial charge on any atom is 0.0737 e. The molecule has 4 aliphatic heterocycles. The fraction of sp³-hybridized carbons (Fsp3) is 0.179. The second-order valence-corrected chi connectivity index (χ2v) is 23.0. The number of hydrogen-bond donors (Lipinski definition) is 4. The molecule has 10 heterocycles. The zero-order valence-corrected chi connectivity index (χ0v) is 50.1. The molecule has 0 radical (unpaired) electrons. The van der Waals surface area contributed by atoms with Gasteiger partial charge in [0.15, 0.2) is 0 Å². The highest BCUT2D eigenvalue weighted by atomic mass is 14.8. The molecular formula is C78H72N8. The van der Waals surface area contributed by atoms with E-state index >= 15 is 0 Å². The van der Waals surface area contributed by atoms with Crippen molar-refractivity contribution in [3.63, 3.8) is 0 Å². The van der Waals surface area contributed by atoms with E-state index in [0.717, 1.165) is 180 Å². The molecule has 14 rings (SSSR count). The number of fused-ring (bicyclic) bond motifs is 16. The highest BCUT2D eigenvalue weighted by molar-refractivity contribution is 5.97. The number of rotatable bonds is 12. The second-order valence-electron chi connectivity index (χ2n) is 23.0. The zero-order chi connectivity index (χ0) is 58.7. The van der Waals surface area contributed by atoms with E-state index in [1.807, 2.05) is 0 Å². The molecule has 0 fully saturated rings. The van der Waals surface area contributed by atoms with Crippen molar-refractivity contribution < 1.29 is 0 Å². The molecule has 4 aromatic carbocycles. The molecule has 0 amide bonds. The fourth-order valence-electron chi connectivity index (χ4n) is 12.5. The largest absolute Gasteiger partial charge is 0.355 e. The topological polar surface area (TPSA) is 115 Å². The molecule has 10 aromatic rings. The van der Waals surface area contributed by atoms with Gasteiger partial charge in [-0.3, -0.25) is 0 Å². The highest BCUT2D eigenvalue weighted by Gasteiger charge is 2.19. The summed E-state index contributed by atoms with van der Waals surface area (Å²) in [6, 6.07) is 57.1. The minimum absolute atomic E-state index is 0.916. The quantitative estimate of drug-likeness (QED) is 0.0975. The molecule has 0 saturated carbocycles. The van der Waals surface area contributed by atoms with Crippen molar-refractivity contribution >= 4 is 92.7 Å². The van der Waals surface area contributed by atoms with E-state index in [4.69, 9.17) is 19.9 Å². The van der Waals surface area contributed by atoms with Crippen molar-refractivity contribution in [2.75, 3.05) is 0 Å². The monoisotopic (exact) mass is 1120 g/mol. The summed E-state index contributed by atoms with van der Waals surface area (Å²) in [6.45, 7) is 13.2. The first-order chi connectivity index (χ1) is 42.2. The lowest BCUT2D eigenvalue weighted by Crippen LogP contribution is -1.91. The van der Waals surface area contributed by atoms with Crippen LogP contribution in [0.3, 0.4) is 0 Å². The predicted octanol–water partition coefficient (Wildman–Crippen LogP) is 20.4. The third kappa shape index (κ3) is 11.4. The molecule has 8 nitrogen and oxygen atoms in total. The standard InChI is InChI=1S/C40H38N4.C38H34N4/c1-5-9-27-11-7-13-29(23-27)39-35-19-15-31(41-35)25(3)33-17-21-37(43-33)40(30-14-8-12-28(24-30)10-6-2)38-22-18-34(44-38)26(4)32-16-20-36(39)42-32;1-3-7-25-9-5-11-27(21-25)37-33-17-13-29(39-33)23-31-15-19-35(41-31)38(28-12-6-10-26(22-28)8-4-2)36-20-16-32(42-36)24-30-14-18-34(37)40-30/h7-8,11-24,41,43H,5-6,9-10H2,1-4H3;5-6,9-24,39-40H,3-4,7-8H2,1-2H3. The van der Waals surface area contributed by atoms with Gasteiger partial charge in [-0.25, -0.2) is 19.9 Å². The van der Waals surface area contributed by atoms with E-state index in [1.165, 1.54) is 38.9 Å². The average molecular weight is 1120 g/mol. The number of hydrogen-bond acceptors (Lipinski definition) is 4. The SMILES string of the molecule is CCCc1cccc(-c2c3nc(c(C)c4nc(c(-c5cccc(CCC)c5)c5ccc([nH]5)c(C)c5ccc2[nH]5)C=C4)C=C3)c1.CCCc1cccc(-c2c3nc(cc4ccc([nH]4)c(-c4cccc(CCC)c4)c4ccc(cc5nc2C=C5)[nH]4)C=C3)c1. The molecule has 0 spiro atoms. The van der Waals surface area contributed by atoms with Gasteiger partial charge < -0.3 is 19.9 Å². The summed E-state index contributed by atoms with van der Waals surface area (Å²) in [4.78, 5) is 35.5. The molecule has 0 saturated heterocycles. The molecule has 0 atom stereocenters. The molecule has 86 heavy (non-hydrogen) atoms. The molecule has 0 aliphatic carbocycles. The van der Waals surface area contributed by atoms with Gasteiger partial charge in [-0.2, -0.15) is 0 Å². The Labute approximate surface area is 504 Å². The normalized spacial score (nSPS) is 12.3. The van der Waals surface area contributed by atoms with Crippen LogP contribution < -0.4 is 0 Å². The molecule has 4 aliphatic rings. The predicted molar refractivity (Wildman–Crippen MR) is 365 cm³/mol. The van der Waals surface area contributed by atoms with Crippen LogP contribution >= 0.6 is 0 Å². The Balaban J connectivity index is 0.000000160. The van der Waals surface area contributed by atoms with Gasteiger partial charge in [0, 0.05) is 72.0 Å². The summed E-state index contributed by atoms with van der Waals surface area (Å²) in [6.07, 6.45) is 25.6. The number of aromatic nitrogens is 8. The molecule has 424 valence electrons. The number of aryl methyl sites for hydroxylation is 5. The van der Waals surface area contributed by atoms with Crippen molar-refractivity contribution in [2.24, 2.45) is 0 Å². The van der Waals surface area contributed by atoms with Crippen molar-refractivity contribution in [3.05, 3.63) is 237 Å². The minimum atomic E-state index is 0.916. The lowest BCUT2D eigenvalue weighted by Gasteiger charge is -2.07. The summed E-state index contributed by atoms with van der Waals surface area (Å²) < 4.78 is 0. The summed E-state index contributed by atoms with van der Waals surface area (Å²) in [5, 5.41) is 0. The van der Waals surface area contributed by atoms with Crippen molar-refractivity contribution in [1.29, 1.82) is 0 Å².